The van der Waals surface area contributed by atoms with E-state index in [2.05, 4.69) is 25.2 Å². The fourth-order valence-electron chi connectivity index (χ4n) is 4.09. The maximum absolute atomic E-state index is 12.9. The molecule has 176 valence electrons. The molecule has 12 nitrogen and oxygen atoms in total. The summed E-state index contributed by atoms with van der Waals surface area (Å²) in [6, 6.07) is 7.20. The molecule has 2 aliphatic rings. The molecule has 1 fully saturated rings. The van der Waals surface area contributed by atoms with Gasteiger partial charge in [-0.25, -0.2) is 9.97 Å². The molecule has 1 unspecified atom stereocenters. The minimum atomic E-state index is -0.222. The smallest absolute Gasteiger partial charge is 0.236 e. The zero-order chi connectivity index (χ0) is 23.5. The molecule has 12 heteroatoms. The van der Waals surface area contributed by atoms with Gasteiger partial charge in [-0.3, -0.25) is 14.8 Å². The SMILES string of the molecule is N=C(N)N1CCN(c2ccnc(-n3ccnc3)n2)C(CC(=O)NCc2ccc3c(c2)OCO3)C1. The standard InChI is InChI=1S/C22H25N9O3/c23-21(24)29-7-8-31(19-3-4-26-22(28-19)30-6-5-25-13-30)16(12-29)10-20(32)27-11-15-1-2-17-18(9-15)34-14-33-17/h1-6,9,13,16H,7-8,10-12,14H2,(H3,23,24)(H,27,32). The van der Waals surface area contributed by atoms with Crippen molar-refractivity contribution < 1.29 is 14.3 Å². The Balaban J connectivity index is 1.29. The molecule has 0 aliphatic carbocycles. The molecule has 1 atom stereocenters. The number of rotatable bonds is 6. The van der Waals surface area contributed by atoms with Crippen molar-refractivity contribution in [2.24, 2.45) is 5.73 Å². The molecule has 1 aromatic carbocycles. The summed E-state index contributed by atoms with van der Waals surface area (Å²) < 4.78 is 12.5. The van der Waals surface area contributed by atoms with Crippen molar-refractivity contribution in [3.8, 4) is 17.4 Å². The van der Waals surface area contributed by atoms with E-state index in [4.69, 9.17) is 20.6 Å². The lowest BCUT2D eigenvalue weighted by atomic mass is 10.1. The average molecular weight is 464 g/mol. The zero-order valence-electron chi connectivity index (χ0n) is 18.4. The zero-order valence-corrected chi connectivity index (χ0v) is 18.4. The molecular formula is C22H25N9O3. The molecule has 1 amide bonds. The predicted molar refractivity (Wildman–Crippen MR) is 123 cm³/mol. The molecule has 0 saturated carbocycles. The highest BCUT2D eigenvalue weighted by atomic mass is 16.7. The fourth-order valence-corrected chi connectivity index (χ4v) is 4.09. The normalized spacial score (nSPS) is 17.0. The number of nitrogens with two attached hydrogens (primary N) is 1. The van der Waals surface area contributed by atoms with Crippen LogP contribution in [0.15, 0.2) is 49.2 Å². The maximum Gasteiger partial charge on any atom is 0.236 e. The summed E-state index contributed by atoms with van der Waals surface area (Å²) in [5.41, 5.74) is 6.66. The molecule has 0 radical (unpaired) electrons. The van der Waals surface area contributed by atoms with Crippen LogP contribution in [0.4, 0.5) is 5.82 Å². The predicted octanol–water partition coefficient (Wildman–Crippen LogP) is 0.482. The second-order valence-electron chi connectivity index (χ2n) is 8.03. The first-order valence-corrected chi connectivity index (χ1v) is 10.9. The molecule has 4 heterocycles. The molecule has 3 aromatic rings. The van der Waals surface area contributed by atoms with Gasteiger partial charge in [-0.15, -0.1) is 0 Å². The number of piperazine rings is 1. The Hall–Kier alpha value is -4.35. The third-order valence-electron chi connectivity index (χ3n) is 5.83. The summed E-state index contributed by atoms with van der Waals surface area (Å²) in [6.45, 7) is 2.16. The summed E-state index contributed by atoms with van der Waals surface area (Å²) in [7, 11) is 0. The van der Waals surface area contributed by atoms with Crippen LogP contribution in [-0.2, 0) is 11.3 Å². The van der Waals surface area contributed by atoms with Crippen molar-refractivity contribution in [2.45, 2.75) is 19.0 Å². The van der Waals surface area contributed by atoms with Gasteiger partial charge in [0.15, 0.2) is 17.5 Å². The highest BCUT2D eigenvalue weighted by Crippen LogP contribution is 2.32. The number of benzene rings is 1. The van der Waals surface area contributed by atoms with Crippen LogP contribution >= 0.6 is 0 Å². The number of imidazole rings is 1. The molecule has 2 aliphatic heterocycles. The number of ether oxygens (including phenoxy) is 2. The van der Waals surface area contributed by atoms with E-state index in [9.17, 15) is 4.79 Å². The monoisotopic (exact) mass is 463 g/mol. The van der Waals surface area contributed by atoms with E-state index < -0.39 is 0 Å². The van der Waals surface area contributed by atoms with Crippen LogP contribution in [0.2, 0.25) is 0 Å². The van der Waals surface area contributed by atoms with Crippen molar-refractivity contribution in [3.05, 3.63) is 54.7 Å². The molecule has 0 bridgehead atoms. The average Bonchev–Trinajstić information content (AvgIpc) is 3.55. The summed E-state index contributed by atoms with van der Waals surface area (Å²) >= 11 is 0. The van der Waals surface area contributed by atoms with Crippen molar-refractivity contribution in [3.63, 3.8) is 0 Å². The van der Waals surface area contributed by atoms with Gasteiger partial charge in [0, 0.05) is 51.2 Å². The molecular weight excluding hydrogens is 438 g/mol. The Bertz CT molecular complexity index is 1180. The second-order valence-corrected chi connectivity index (χ2v) is 8.03. The Morgan fingerprint density at radius 1 is 1.21 bits per heavy atom. The van der Waals surface area contributed by atoms with Gasteiger partial charge in [0.05, 0.1) is 6.04 Å². The lowest BCUT2D eigenvalue weighted by Crippen LogP contribution is -2.57. The van der Waals surface area contributed by atoms with E-state index in [1.807, 2.05) is 24.3 Å². The Morgan fingerprint density at radius 2 is 2.09 bits per heavy atom. The lowest BCUT2D eigenvalue weighted by molar-refractivity contribution is -0.121. The van der Waals surface area contributed by atoms with Crippen LogP contribution in [0.5, 0.6) is 11.5 Å². The van der Waals surface area contributed by atoms with Gasteiger partial charge in [0.2, 0.25) is 18.6 Å². The largest absolute Gasteiger partial charge is 0.454 e. The minimum Gasteiger partial charge on any atom is -0.454 e. The highest BCUT2D eigenvalue weighted by Gasteiger charge is 2.30. The highest BCUT2D eigenvalue weighted by molar-refractivity contribution is 5.78. The fraction of sp³-hybridized carbons (Fsp3) is 0.318. The third-order valence-corrected chi connectivity index (χ3v) is 5.83. The van der Waals surface area contributed by atoms with Gasteiger partial charge in [0.1, 0.15) is 12.1 Å². The second kappa shape index (κ2) is 9.25. The van der Waals surface area contributed by atoms with E-state index in [0.717, 1.165) is 5.56 Å². The van der Waals surface area contributed by atoms with Crippen molar-refractivity contribution in [1.82, 2.24) is 29.7 Å². The molecule has 5 rings (SSSR count). The number of amides is 1. The van der Waals surface area contributed by atoms with Crippen molar-refractivity contribution in [2.75, 3.05) is 31.3 Å². The van der Waals surface area contributed by atoms with Gasteiger partial charge in [0.25, 0.3) is 0 Å². The summed E-state index contributed by atoms with van der Waals surface area (Å²) in [5.74, 6) is 2.47. The van der Waals surface area contributed by atoms with E-state index >= 15 is 0 Å². The van der Waals surface area contributed by atoms with E-state index in [0.29, 0.717) is 49.4 Å². The van der Waals surface area contributed by atoms with Crippen LogP contribution < -0.4 is 25.4 Å². The van der Waals surface area contributed by atoms with Crippen molar-refractivity contribution in [1.29, 1.82) is 5.41 Å². The number of nitrogens with one attached hydrogen (secondary N) is 2. The maximum atomic E-state index is 12.9. The van der Waals surface area contributed by atoms with Gasteiger partial charge in [-0.1, -0.05) is 6.07 Å². The van der Waals surface area contributed by atoms with Crippen LogP contribution in [0.3, 0.4) is 0 Å². The number of hydrogen-bond acceptors (Lipinski definition) is 8. The summed E-state index contributed by atoms with van der Waals surface area (Å²) in [4.78, 5) is 29.8. The van der Waals surface area contributed by atoms with E-state index in [1.54, 1.807) is 34.4 Å². The topological polar surface area (TPSA) is 148 Å². The van der Waals surface area contributed by atoms with Crippen LogP contribution in [0, 0.1) is 5.41 Å². The van der Waals surface area contributed by atoms with Crippen LogP contribution in [-0.4, -0.2) is 68.8 Å². The van der Waals surface area contributed by atoms with Gasteiger partial charge < -0.3 is 30.3 Å². The Labute approximate surface area is 195 Å². The molecule has 1 saturated heterocycles. The number of aromatic nitrogens is 4. The molecule has 2 aromatic heterocycles. The quantitative estimate of drug-likeness (QED) is 0.351. The molecule has 4 N–H and O–H groups in total. The number of anilines is 1. The number of carbonyl (C=O) groups is 1. The van der Waals surface area contributed by atoms with Crippen LogP contribution in [0.25, 0.3) is 5.95 Å². The first kappa shape index (κ1) is 21.5. The number of fused-ring (bicyclic) bond motifs is 1. The third kappa shape index (κ3) is 4.56. The van der Waals surface area contributed by atoms with E-state index in [1.165, 1.54) is 0 Å². The number of carbonyl (C=O) groups excluding carboxylic acids is 1. The number of hydrogen-bond donors (Lipinski definition) is 3. The molecule has 0 spiro atoms. The Kier molecular flexibility index (Phi) is 5.85. The lowest BCUT2D eigenvalue weighted by Gasteiger charge is -2.42. The van der Waals surface area contributed by atoms with Gasteiger partial charge >= 0.3 is 0 Å². The van der Waals surface area contributed by atoms with E-state index in [-0.39, 0.29) is 31.1 Å². The Morgan fingerprint density at radius 3 is 2.91 bits per heavy atom. The summed E-state index contributed by atoms with van der Waals surface area (Å²) in [6.07, 6.45) is 6.97. The van der Waals surface area contributed by atoms with Gasteiger partial charge in [-0.05, 0) is 23.8 Å². The number of nitrogens with zero attached hydrogens (tertiary/aromatic N) is 6. The number of guanidine groups is 1. The van der Waals surface area contributed by atoms with Gasteiger partial charge in [-0.2, -0.15) is 4.98 Å². The first-order chi connectivity index (χ1) is 16.6. The first-order valence-electron chi connectivity index (χ1n) is 10.9. The molecule has 34 heavy (non-hydrogen) atoms. The minimum absolute atomic E-state index is 0.00721. The van der Waals surface area contributed by atoms with Crippen molar-refractivity contribution >= 4 is 17.7 Å². The summed E-state index contributed by atoms with van der Waals surface area (Å²) in [5, 5.41) is 10.8. The van der Waals surface area contributed by atoms with Crippen LogP contribution in [0.1, 0.15) is 12.0 Å².